The van der Waals surface area contributed by atoms with Crippen LogP contribution in [0.1, 0.15) is 24.3 Å². The van der Waals surface area contributed by atoms with Crippen molar-refractivity contribution in [3.8, 4) is 0 Å². The number of Topliss-reactive ketones (excluding diaryl/α,β-unsaturated/α-hetero) is 2. The predicted molar refractivity (Wildman–Crippen MR) is 77.4 cm³/mol. The first kappa shape index (κ1) is 14.4. The van der Waals surface area contributed by atoms with E-state index in [2.05, 4.69) is 0 Å². The summed E-state index contributed by atoms with van der Waals surface area (Å²) in [7, 11) is 0. The summed E-state index contributed by atoms with van der Waals surface area (Å²) in [5, 5.41) is 0. The van der Waals surface area contributed by atoms with Gasteiger partial charge in [-0.25, -0.2) is 0 Å². The molecule has 21 heavy (non-hydrogen) atoms. The van der Waals surface area contributed by atoms with Gasteiger partial charge in [-0.2, -0.15) is 0 Å². The Kier molecular flexibility index (Phi) is 4.48. The van der Waals surface area contributed by atoms with Gasteiger partial charge in [-0.05, 0) is 23.6 Å². The Bertz CT molecular complexity index is 619. The first-order valence-corrected chi connectivity index (χ1v) is 9.35. The molecule has 1 saturated carbocycles. The Hall–Kier alpha value is -1.49. The van der Waals surface area contributed by atoms with Crippen LogP contribution in [0.5, 0.6) is 0 Å². The van der Waals surface area contributed by atoms with Crippen molar-refractivity contribution in [2.45, 2.75) is 22.7 Å². The van der Waals surface area contributed by atoms with Gasteiger partial charge in [0.25, 0.3) is 3.92 Å². The lowest BCUT2D eigenvalue weighted by atomic mass is 9.83. The largest absolute Gasteiger partial charge is 0.333 e. The molecule has 3 rings (SSSR count). The average molecular weight is 391 g/mol. The average Bonchev–Trinajstić information content (AvgIpc) is 2.52. The zero-order valence-electron chi connectivity index (χ0n) is 11.5. The summed E-state index contributed by atoms with van der Waals surface area (Å²) in [6, 6.07) is 19.9. The van der Waals surface area contributed by atoms with E-state index in [1.807, 2.05) is 60.7 Å². The minimum atomic E-state index is -0.563. The lowest BCUT2D eigenvalue weighted by Crippen LogP contribution is -3.66. The monoisotopic (exact) mass is 391 g/mol. The fourth-order valence-electron chi connectivity index (χ4n) is 2.64. The number of alkyl halides is 1. The van der Waals surface area contributed by atoms with Gasteiger partial charge in [-0.1, -0.05) is 48.5 Å². The molecular formula is C18H16IO2+. The number of carbonyl (C=O) groups is 2. The summed E-state index contributed by atoms with van der Waals surface area (Å²) in [4.78, 5) is 24.8. The molecule has 0 N–H and O–H groups in total. The Morgan fingerprint density at radius 1 is 0.762 bits per heavy atom. The minimum absolute atomic E-state index is 0.0715. The van der Waals surface area contributed by atoms with Crippen LogP contribution in [-0.2, 0) is 9.59 Å². The fourth-order valence-corrected chi connectivity index (χ4v) is 5.39. The smallest absolute Gasteiger partial charge is 0.294 e. The van der Waals surface area contributed by atoms with Gasteiger partial charge < -0.3 is 0 Å². The summed E-state index contributed by atoms with van der Waals surface area (Å²) in [5.41, 5.74) is 1.11. The number of benzene rings is 2. The number of rotatable bonds is 3. The molecule has 0 bridgehead atoms. The highest BCUT2D eigenvalue weighted by molar-refractivity contribution is 6.07. The molecule has 0 aromatic heterocycles. The molecule has 0 amide bonds. The second kappa shape index (κ2) is 6.52. The number of halogens is 1. The Morgan fingerprint density at radius 2 is 1.29 bits per heavy atom. The van der Waals surface area contributed by atoms with Gasteiger partial charge in [0.15, 0.2) is 15.1 Å². The lowest BCUT2D eigenvalue weighted by molar-refractivity contribution is -0.637. The van der Waals surface area contributed by atoms with E-state index in [4.69, 9.17) is 0 Å². The lowest BCUT2D eigenvalue weighted by Gasteiger charge is -2.21. The first-order chi connectivity index (χ1) is 10.2. The first-order valence-electron chi connectivity index (χ1n) is 7.03. The molecule has 106 valence electrons. The molecule has 0 spiro atoms. The third kappa shape index (κ3) is 3.40. The van der Waals surface area contributed by atoms with Crippen molar-refractivity contribution < 1.29 is 30.8 Å². The molecule has 3 heteroatoms. The molecule has 0 aliphatic heterocycles. The third-order valence-corrected chi connectivity index (χ3v) is 7.15. The van der Waals surface area contributed by atoms with Crippen LogP contribution in [0.2, 0.25) is 0 Å². The van der Waals surface area contributed by atoms with Gasteiger partial charge in [0, 0.05) is 12.8 Å². The molecule has 0 atom stereocenters. The zero-order chi connectivity index (χ0) is 14.7. The van der Waals surface area contributed by atoms with Crippen LogP contribution in [0.4, 0.5) is 0 Å². The van der Waals surface area contributed by atoms with Crippen molar-refractivity contribution in [2.24, 2.45) is 0 Å². The standard InChI is InChI=1S/C18H16IO2/c20-16-11-14(13-7-3-1-4-8-13)12-17(21)18(16)19-15-9-5-2-6-10-15/h1-10,14,18H,11-12H2/q+1. The highest BCUT2D eigenvalue weighted by Crippen LogP contribution is 2.28. The molecule has 1 fully saturated rings. The quantitative estimate of drug-likeness (QED) is 0.421. The highest BCUT2D eigenvalue weighted by Gasteiger charge is 2.45. The normalized spacial score (nSPS) is 22.3. The van der Waals surface area contributed by atoms with Crippen molar-refractivity contribution in [3.63, 3.8) is 0 Å². The van der Waals surface area contributed by atoms with Gasteiger partial charge in [-0.3, -0.25) is 9.59 Å². The molecule has 0 saturated heterocycles. The maximum Gasteiger partial charge on any atom is 0.333 e. The van der Waals surface area contributed by atoms with Crippen molar-refractivity contribution >= 4 is 11.6 Å². The number of ketones is 2. The van der Waals surface area contributed by atoms with Crippen LogP contribution in [-0.4, -0.2) is 15.5 Å². The molecule has 1 aliphatic rings. The topological polar surface area (TPSA) is 34.1 Å². The van der Waals surface area contributed by atoms with Crippen LogP contribution < -0.4 is 21.2 Å². The van der Waals surface area contributed by atoms with Gasteiger partial charge >= 0.3 is 21.2 Å². The van der Waals surface area contributed by atoms with E-state index in [1.165, 1.54) is 3.57 Å². The van der Waals surface area contributed by atoms with Crippen LogP contribution in [0.25, 0.3) is 0 Å². The maximum atomic E-state index is 12.4. The highest BCUT2D eigenvalue weighted by atomic mass is 127. The second-order valence-electron chi connectivity index (χ2n) is 5.22. The SMILES string of the molecule is O=C1CC(c2ccccc2)CC(=O)C1[I+]c1ccccc1. The summed E-state index contributed by atoms with van der Waals surface area (Å²) in [5.74, 6) is 0.343. The molecule has 1 aliphatic carbocycles. The fraction of sp³-hybridized carbons (Fsp3) is 0.222. The van der Waals surface area contributed by atoms with E-state index in [1.54, 1.807) is 0 Å². The van der Waals surface area contributed by atoms with Crippen molar-refractivity contribution in [2.75, 3.05) is 0 Å². The van der Waals surface area contributed by atoms with Gasteiger partial charge in [0.2, 0.25) is 0 Å². The van der Waals surface area contributed by atoms with Gasteiger partial charge in [-0.15, -0.1) is 0 Å². The molecule has 2 aromatic rings. The zero-order valence-corrected chi connectivity index (χ0v) is 13.7. The van der Waals surface area contributed by atoms with Crippen molar-refractivity contribution in [3.05, 3.63) is 69.8 Å². The van der Waals surface area contributed by atoms with E-state index in [0.29, 0.717) is 12.8 Å². The predicted octanol–water partition coefficient (Wildman–Crippen LogP) is 0.0296. The maximum absolute atomic E-state index is 12.4. The second-order valence-corrected chi connectivity index (χ2v) is 8.33. The van der Waals surface area contributed by atoms with Crippen molar-refractivity contribution in [1.29, 1.82) is 0 Å². The Balaban J connectivity index is 1.73. The van der Waals surface area contributed by atoms with Crippen LogP contribution in [0.3, 0.4) is 0 Å². The molecule has 0 unspecified atom stereocenters. The molecule has 2 nitrogen and oxygen atoms in total. The molecule has 2 aromatic carbocycles. The van der Waals surface area contributed by atoms with Crippen LogP contribution >= 0.6 is 0 Å². The van der Waals surface area contributed by atoms with E-state index < -0.39 is 21.2 Å². The minimum Gasteiger partial charge on any atom is -0.294 e. The molecule has 0 heterocycles. The van der Waals surface area contributed by atoms with Crippen LogP contribution in [0, 0.1) is 3.57 Å². The number of hydrogen-bond donors (Lipinski definition) is 0. The summed E-state index contributed by atoms with van der Waals surface area (Å²) in [6.45, 7) is 0. The number of carbonyl (C=O) groups excluding carboxylic acids is 2. The van der Waals surface area contributed by atoms with Crippen molar-refractivity contribution in [1.82, 2.24) is 0 Å². The summed E-state index contributed by atoms with van der Waals surface area (Å²) in [6.07, 6.45) is 1.01. The number of hydrogen-bond acceptors (Lipinski definition) is 2. The summed E-state index contributed by atoms with van der Waals surface area (Å²) < 4.78 is 0.826. The third-order valence-electron chi connectivity index (χ3n) is 3.70. The van der Waals surface area contributed by atoms with E-state index in [9.17, 15) is 9.59 Å². The molecule has 0 radical (unpaired) electrons. The van der Waals surface area contributed by atoms with E-state index in [-0.39, 0.29) is 21.4 Å². The van der Waals surface area contributed by atoms with E-state index in [0.717, 1.165) is 5.56 Å². The molecular weight excluding hydrogens is 375 g/mol. The Morgan fingerprint density at radius 3 is 1.86 bits per heavy atom. The van der Waals surface area contributed by atoms with Crippen LogP contribution in [0.15, 0.2) is 60.7 Å². The van der Waals surface area contributed by atoms with Gasteiger partial charge in [0.1, 0.15) is 0 Å². The summed E-state index contributed by atoms with van der Waals surface area (Å²) >= 11 is -0.563. The Labute approximate surface area is 134 Å². The van der Waals surface area contributed by atoms with Gasteiger partial charge in [0.05, 0.1) is 0 Å². The van der Waals surface area contributed by atoms with E-state index >= 15 is 0 Å².